The van der Waals surface area contributed by atoms with E-state index in [-0.39, 0.29) is 5.56 Å². The van der Waals surface area contributed by atoms with E-state index in [9.17, 15) is 13.2 Å². The summed E-state index contributed by atoms with van der Waals surface area (Å²) in [6.07, 6.45) is 3.95. The van der Waals surface area contributed by atoms with Gasteiger partial charge in [-0.05, 0) is 111 Å². The Balaban J connectivity index is 1.29. The van der Waals surface area contributed by atoms with Crippen LogP contribution < -0.4 is 4.74 Å². The average Bonchev–Trinajstić information content (AvgIpc) is 2.67. The lowest BCUT2D eigenvalue weighted by atomic mass is 9.48. The Morgan fingerprint density at radius 2 is 1.26 bits per heavy atom. The minimum atomic E-state index is -4.32. The Hall–Kier alpha value is -2.01. The van der Waals surface area contributed by atoms with E-state index < -0.39 is 12.2 Å². The maximum Gasteiger partial charge on any atom is 0.408 e. The zero-order valence-corrected chi connectivity index (χ0v) is 18.2. The van der Waals surface area contributed by atoms with Crippen LogP contribution in [0, 0.1) is 17.8 Å². The minimum Gasteiger partial charge on any atom is -0.457 e. The fourth-order valence-electron chi connectivity index (χ4n) is 6.97. The first-order valence-electron chi connectivity index (χ1n) is 11.3. The van der Waals surface area contributed by atoms with Crippen molar-refractivity contribution in [1.29, 1.82) is 0 Å². The molecule has 2 aromatic rings. The van der Waals surface area contributed by atoms with Gasteiger partial charge in [-0.25, -0.2) is 0 Å². The van der Waals surface area contributed by atoms with Crippen LogP contribution in [0.25, 0.3) is 0 Å². The third-order valence-electron chi connectivity index (χ3n) is 7.76. The number of benzene rings is 2. The molecule has 2 nitrogen and oxygen atoms in total. The highest BCUT2D eigenvalue weighted by atomic mass is 19.4. The summed E-state index contributed by atoms with van der Waals surface area (Å²) in [7, 11) is 2.88. The van der Waals surface area contributed by atoms with E-state index >= 15 is 0 Å². The predicted octanol–water partition coefficient (Wildman–Crippen LogP) is 7.11. The summed E-state index contributed by atoms with van der Waals surface area (Å²) < 4.78 is 46.0. The zero-order chi connectivity index (χ0) is 21.8. The van der Waals surface area contributed by atoms with Crippen LogP contribution in [0.5, 0.6) is 11.5 Å². The van der Waals surface area contributed by atoms with Gasteiger partial charge in [0.05, 0.1) is 0 Å². The van der Waals surface area contributed by atoms with Crippen LogP contribution in [-0.4, -0.2) is 25.2 Å². The fraction of sp³-hybridized carbons (Fsp3) is 0.538. The van der Waals surface area contributed by atoms with E-state index in [1.165, 1.54) is 75.2 Å². The monoisotopic (exact) mass is 429 g/mol. The molecule has 31 heavy (non-hydrogen) atoms. The molecule has 4 fully saturated rings. The van der Waals surface area contributed by atoms with Crippen LogP contribution in [0.15, 0.2) is 48.5 Å². The molecule has 4 bridgehead atoms. The van der Waals surface area contributed by atoms with Crippen LogP contribution in [-0.2, 0) is 5.41 Å². The van der Waals surface area contributed by atoms with Gasteiger partial charge in [-0.15, -0.1) is 0 Å². The van der Waals surface area contributed by atoms with Crippen LogP contribution >= 0.6 is 0 Å². The van der Waals surface area contributed by atoms with Crippen LogP contribution in [0.1, 0.15) is 55.7 Å². The summed E-state index contributed by atoms with van der Waals surface area (Å²) in [6.45, 7) is 0. The number of nitrogens with zero attached hydrogens (tertiary/aromatic N) is 1. The zero-order valence-electron chi connectivity index (χ0n) is 18.2. The number of halogens is 3. The first-order valence-corrected chi connectivity index (χ1v) is 11.3. The molecule has 0 heterocycles. The summed E-state index contributed by atoms with van der Waals surface area (Å²) in [5.74, 6) is 3.99. The molecule has 0 aliphatic heterocycles. The van der Waals surface area contributed by atoms with Crippen molar-refractivity contribution < 1.29 is 17.9 Å². The summed E-state index contributed by atoms with van der Waals surface area (Å²) >= 11 is 0. The van der Waals surface area contributed by atoms with Gasteiger partial charge in [0.15, 0.2) is 0 Å². The Morgan fingerprint density at radius 1 is 0.806 bits per heavy atom. The molecule has 4 aliphatic rings. The molecule has 6 rings (SSSR count). The Kier molecular flexibility index (Phi) is 5.08. The first-order chi connectivity index (χ1) is 14.7. The second-order valence-electron chi connectivity index (χ2n) is 10.3. The van der Waals surface area contributed by atoms with Gasteiger partial charge in [-0.2, -0.15) is 13.2 Å². The highest BCUT2D eigenvalue weighted by molar-refractivity contribution is 5.38. The molecule has 0 amide bonds. The lowest BCUT2D eigenvalue weighted by Crippen LogP contribution is -2.48. The highest BCUT2D eigenvalue weighted by Gasteiger charge is 2.51. The van der Waals surface area contributed by atoms with Gasteiger partial charge in [0.1, 0.15) is 17.5 Å². The van der Waals surface area contributed by atoms with Crippen LogP contribution in [0.3, 0.4) is 0 Å². The van der Waals surface area contributed by atoms with Crippen molar-refractivity contribution >= 4 is 0 Å². The molecular weight excluding hydrogens is 399 g/mol. The number of rotatable bonds is 5. The van der Waals surface area contributed by atoms with Gasteiger partial charge >= 0.3 is 6.18 Å². The number of hydrogen-bond acceptors (Lipinski definition) is 2. The maximum absolute atomic E-state index is 13.3. The molecule has 4 saturated carbocycles. The van der Waals surface area contributed by atoms with Gasteiger partial charge in [0.25, 0.3) is 0 Å². The van der Waals surface area contributed by atoms with Crippen molar-refractivity contribution in [3.05, 3.63) is 59.7 Å². The molecule has 0 saturated heterocycles. The van der Waals surface area contributed by atoms with E-state index in [1.807, 2.05) is 12.1 Å². The van der Waals surface area contributed by atoms with Crippen molar-refractivity contribution in [2.45, 2.75) is 56.2 Å². The van der Waals surface area contributed by atoms with Crippen molar-refractivity contribution in [3.63, 3.8) is 0 Å². The lowest BCUT2D eigenvalue weighted by molar-refractivity contribution is -0.179. The molecule has 1 unspecified atom stereocenters. The number of alkyl halides is 3. The second-order valence-corrected chi connectivity index (χ2v) is 10.3. The molecule has 0 aromatic heterocycles. The SMILES string of the molecule is CN(C)C(c1ccc(Oc2ccc(C34CC5CC(CC(C5)C3)C4)cc2)cc1)C(F)(F)F. The Bertz CT molecular complexity index is 882. The number of ether oxygens (including phenoxy) is 1. The third kappa shape index (κ3) is 3.97. The predicted molar refractivity (Wildman–Crippen MR) is 115 cm³/mol. The van der Waals surface area contributed by atoms with Crippen LogP contribution in [0.4, 0.5) is 13.2 Å². The van der Waals surface area contributed by atoms with E-state index in [2.05, 4.69) is 12.1 Å². The molecule has 1 atom stereocenters. The van der Waals surface area contributed by atoms with Crippen LogP contribution in [0.2, 0.25) is 0 Å². The third-order valence-corrected chi connectivity index (χ3v) is 7.76. The molecule has 4 aliphatic carbocycles. The summed E-state index contributed by atoms with van der Waals surface area (Å²) in [5.41, 5.74) is 2.00. The van der Waals surface area contributed by atoms with E-state index in [0.29, 0.717) is 11.2 Å². The largest absolute Gasteiger partial charge is 0.457 e. The Morgan fingerprint density at radius 3 is 1.68 bits per heavy atom. The summed E-state index contributed by atoms with van der Waals surface area (Å²) in [5, 5.41) is 0. The molecular formula is C26H30F3NO. The quantitative estimate of drug-likeness (QED) is 0.502. The first kappa shape index (κ1) is 20.9. The van der Waals surface area contributed by atoms with E-state index in [0.717, 1.165) is 23.5 Å². The topological polar surface area (TPSA) is 12.5 Å². The van der Waals surface area contributed by atoms with Gasteiger partial charge in [-0.3, -0.25) is 4.90 Å². The molecule has 0 spiro atoms. The average molecular weight is 430 g/mol. The highest BCUT2D eigenvalue weighted by Crippen LogP contribution is 2.60. The van der Waals surface area contributed by atoms with Crippen molar-refractivity contribution in [2.24, 2.45) is 17.8 Å². The second kappa shape index (κ2) is 7.54. The van der Waals surface area contributed by atoms with Gasteiger partial charge in [-0.1, -0.05) is 24.3 Å². The lowest BCUT2D eigenvalue weighted by Gasteiger charge is -2.57. The van der Waals surface area contributed by atoms with E-state index in [4.69, 9.17) is 4.74 Å². The summed E-state index contributed by atoms with van der Waals surface area (Å²) in [4.78, 5) is 1.18. The number of hydrogen-bond donors (Lipinski definition) is 0. The van der Waals surface area contributed by atoms with Gasteiger partial charge in [0.2, 0.25) is 0 Å². The van der Waals surface area contributed by atoms with E-state index in [1.54, 1.807) is 12.1 Å². The minimum absolute atomic E-state index is 0.210. The van der Waals surface area contributed by atoms with Gasteiger partial charge < -0.3 is 4.74 Å². The maximum atomic E-state index is 13.3. The molecule has 0 N–H and O–H groups in total. The van der Waals surface area contributed by atoms with Crippen molar-refractivity contribution in [1.82, 2.24) is 4.90 Å². The molecule has 2 aromatic carbocycles. The van der Waals surface area contributed by atoms with Gasteiger partial charge in [0, 0.05) is 0 Å². The molecule has 5 heteroatoms. The van der Waals surface area contributed by atoms with Crippen molar-refractivity contribution in [3.8, 4) is 11.5 Å². The smallest absolute Gasteiger partial charge is 0.408 e. The molecule has 0 radical (unpaired) electrons. The Labute approximate surface area is 182 Å². The fourth-order valence-corrected chi connectivity index (χ4v) is 6.97. The molecule has 166 valence electrons. The van der Waals surface area contributed by atoms with Crippen molar-refractivity contribution in [2.75, 3.05) is 14.1 Å². The normalized spacial score (nSPS) is 30.6. The summed E-state index contributed by atoms with van der Waals surface area (Å²) in [6, 6.07) is 13.1. The standard InChI is InChI=1S/C26H30F3NO/c1-30(2)24(26(27,28)29)20-3-7-22(8-4-20)31-23-9-5-21(6-10-23)25-14-17-11-18(15-25)13-19(12-17)16-25/h3-10,17-19,24H,11-16H2,1-2H3.